The van der Waals surface area contributed by atoms with Gasteiger partial charge in [0, 0.05) is 19.5 Å². The quantitative estimate of drug-likeness (QED) is 0.810. The van der Waals surface area contributed by atoms with Crippen LogP contribution in [-0.4, -0.2) is 27.1 Å². The Morgan fingerprint density at radius 2 is 1.65 bits per heavy atom. The van der Waals surface area contributed by atoms with E-state index in [1.54, 1.807) is 0 Å². The summed E-state index contributed by atoms with van der Waals surface area (Å²) in [6.45, 7) is 6.39. The second-order valence-electron chi connectivity index (χ2n) is 6.70. The summed E-state index contributed by atoms with van der Waals surface area (Å²) in [4.78, 5) is 12.2. The van der Waals surface area contributed by atoms with Crippen LogP contribution in [0.4, 0.5) is 5.69 Å². The number of amides is 1. The van der Waals surface area contributed by atoms with E-state index in [2.05, 4.69) is 5.32 Å². The molecule has 0 aliphatic carbocycles. The first-order valence-corrected chi connectivity index (χ1v) is 10.4. The summed E-state index contributed by atoms with van der Waals surface area (Å²) in [5.41, 5.74) is 4.72. The highest BCUT2D eigenvalue weighted by Gasteiger charge is 2.19. The van der Waals surface area contributed by atoms with Gasteiger partial charge >= 0.3 is 0 Å². The Morgan fingerprint density at radius 3 is 2.23 bits per heavy atom. The molecule has 0 aliphatic heterocycles. The minimum atomic E-state index is -3.47. The molecule has 0 aliphatic rings. The van der Waals surface area contributed by atoms with Crippen molar-refractivity contribution in [1.29, 1.82) is 0 Å². The molecule has 1 amide bonds. The summed E-state index contributed by atoms with van der Waals surface area (Å²) in [7, 11) is -3.47. The van der Waals surface area contributed by atoms with Crippen molar-refractivity contribution in [3.8, 4) is 0 Å². The second-order valence-corrected chi connectivity index (χ2v) is 8.60. The molecule has 0 spiro atoms. The molecule has 5 nitrogen and oxygen atoms in total. The van der Waals surface area contributed by atoms with Gasteiger partial charge in [-0.2, -0.15) is 0 Å². The van der Waals surface area contributed by atoms with Crippen molar-refractivity contribution in [3.05, 3.63) is 64.7 Å². The third kappa shape index (κ3) is 5.88. The molecule has 2 aromatic rings. The van der Waals surface area contributed by atoms with Crippen molar-refractivity contribution in [2.45, 2.75) is 33.7 Å². The summed E-state index contributed by atoms with van der Waals surface area (Å²) < 4.78 is 25.6. The van der Waals surface area contributed by atoms with Gasteiger partial charge in [0.15, 0.2) is 0 Å². The molecule has 140 valence electrons. The summed E-state index contributed by atoms with van der Waals surface area (Å²) in [6, 6.07) is 13.5. The van der Waals surface area contributed by atoms with E-state index in [4.69, 9.17) is 0 Å². The minimum Gasteiger partial charge on any atom is -0.352 e. The maximum Gasteiger partial charge on any atom is 0.232 e. The topological polar surface area (TPSA) is 66.5 Å². The van der Waals surface area contributed by atoms with E-state index >= 15 is 0 Å². The van der Waals surface area contributed by atoms with Crippen molar-refractivity contribution in [1.82, 2.24) is 5.32 Å². The average molecular weight is 375 g/mol. The fourth-order valence-corrected chi connectivity index (χ4v) is 3.81. The van der Waals surface area contributed by atoms with E-state index in [9.17, 15) is 13.2 Å². The van der Waals surface area contributed by atoms with E-state index < -0.39 is 10.0 Å². The molecule has 2 rings (SSSR count). The lowest BCUT2D eigenvalue weighted by Gasteiger charge is -2.23. The first-order valence-electron chi connectivity index (χ1n) is 8.53. The van der Waals surface area contributed by atoms with Gasteiger partial charge in [0.1, 0.15) is 0 Å². The summed E-state index contributed by atoms with van der Waals surface area (Å²) in [6.07, 6.45) is 1.27. The number of benzene rings is 2. The predicted octanol–water partition coefficient (Wildman–Crippen LogP) is 3.08. The van der Waals surface area contributed by atoms with Crippen LogP contribution in [-0.2, 0) is 21.4 Å². The first kappa shape index (κ1) is 20.0. The monoisotopic (exact) mass is 374 g/mol. The molecule has 0 atom stereocenters. The zero-order chi connectivity index (χ0) is 19.3. The third-order valence-electron chi connectivity index (χ3n) is 4.01. The number of aryl methyl sites for hydroxylation is 3. The van der Waals surface area contributed by atoms with Crippen LogP contribution in [0.25, 0.3) is 0 Å². The highest BCUT2D eigenvalue weighted by molar-refractivity contribution is 7.92. The summed E-state index contributed by atoms with van der Waals surface area (Å²) in [5.74, 6) is -0.176. The molecule has 1 N–H and O–H groups in total. The van der Waals surface area contributed by atoms with E-state index in [0.717, 1.165) is 28.5 Å². The van der Waals surface area contributed by atoms with Crippen LogP contribution in [0.5, 0.6) is 0 Å². The van der Waals surface area contributed by atoms with Gasteiger partial charge in [-0.05, 0) is 49.6 Å². The molecular formula is C20H26N2O3S. The third-order valence-corrected chi connectivity index (χ3v) is 5.20. The van der Waals surface area contributed by atoms with Crippen LogP contribution >= 0.6 is 0 Å². The van der Waals surface area contributed by atoms with Crippen molar-refractivity contribution >= 4 is 21.6 Å². The molecule has 0 heterocycles. The van der Waals surface area contributed by atoms with Gasteiger partial charge in [0.25, 0.3) is 0 Å². The van der Waals surface area contributed by atoms with E-state index in [0.29, 0.717) is 12.2 Å². The number of nitrogens with zero attached hydrogens (tertiary/aromatic N) is 1. The Labute approximate surface area is 156 Å². The van der Waals surface area contributed by atoms with Crippen molar-refractivity contribution in [2.24, 2.45) is 0 Å². The minimum absolute atomic E-state index is 0.103. The number of sulfonamides is 1. The molecule has 0 saturated heterocycles. The smallest absolute Gasteiger partial charge is 0.232 e. The number of carbonyl (C=O) groups excluding carboxylic acids is 1. The van der Waals surface area contributed by atoms with Crippen LogP contribution in [0.2, 0.25) is 0 Å². The SMILES string of the molecule is Cc1cccc(CNC(=O)CCN(c2cc(C)cc(C)c2)S(C)(=O)=O)c1. The number of hydrogen-bond acceptors (Lipinski definition) is 3. The number of rotatable bonds is 7. The van der Waals surface area contributed by atoms with E-state index in [-0.39, 0.29) is 18.9 Å². The summed E-state index contributed by atoms with van der Waals surface area (Å²) >= 11 is 0. The number of hydrogen-bond donors (Lipinski definition) is 1. The standard InChI is InChI=1S/C20H26N2O3S/c1-15-6-5-7-18(11-15)14-21-20(23)8-9-22(26(4,24)25)19-12-16(2)10-17(3)13-19/h5-7,10-13H,8-9,14H2,1-4H3,(H,21,23). The number of nitrogens with one attached hydrogen (secondary N) is 1. The molecule has 0 aromatic heterocycles. The molecule has 26 heavy (non-hydrogen) atoms. The van der Waals surface area contributed by atoms with E-state index in [1.165, 1.54) is 4.31 Å². The van der Waals surface area contributed by atoms with Gasteiger partial charge < -0.3 is 5.32 Å². The fraction of sp³-hybridized carbons (Fsp3) is 0.350. The van der Waals surface area contributed by atoms with Crippen LogP contribution in [0, 0.1) is 20.8 Å². The molecule has 0 unspecified atom stereocenters. The van der Waals surface area contributed by atoms with Gasteiger partial charge in [-0.15, -0.1) is 0 Å². The second kappa shape index (κ2) is 8.36. The Balaban J connectivity index is 2.02. The summed E-state index contributed by atoms with van der Waals surface area (Å²) in [5, 5.41) is 2.85. The maximum atomic E-state index is 12.2. The lowest BCUT2D eigenvalue weighted by Crippen LogP contribution is -2.34. The highest BCUT2D eigenvalue weighted by Crippen LogP contribution is 2.21. The predicted molar refractivity (Wildman–Crippen MR) is 106 cm³/mol. The van der Waals surface area contributed by atoms with Crippen LogP contribution in [0.15, 0.2) is 42.5 Å². The highest BCUT2D eigenvalue weighted by atomic mass is 32.2. The van der Waals surface area contributed by atoms with E-state index in [1.807, 2.05) is 63.2 Å². The molecule has 0 radical (unpaired) electrons. The maximum absolute atomic E-state index is 12.2. The first-order chi connectivity index (χ1) is 12.1. The lowest BCUT2D eigenvalue weighted by atomic mass is 10.1. The van der Waals surface area contributed by atoms with Gasteiger partial charge in [-0.1, -0.05) is 35.9 Å². The van der Waals surface area contributed by atoms with Gasteiger partial charge in [0.05, 0.1) is 11.9 Å². The van der Waals surface area contributed by atoms with Gasteiger partial charge in [-0.25, -0.2) is 8.42 Å². The fourth-order valence-electron chi connectivity index (χ4n) is 2.90. The van der Waals surface area contributed by atoms with Crippen LogP contribution < -0.4 is 9.62 Å². The molecule has 6 heteroatoms. The van der Waals surface area contributed by atoms with Crippen LogP contribution in [0.3, 0.4) is 0 Å². The molecule has 0 bridgehead atoms. The Hall–Kier alpha value is -2.34. The Kier molecular flexibility index (Phi) is 6.42. The molecule has 0 fully saturated rings. The lowest BCUT2D eigenvalue weighted by molar-refractivity contribution is -0.121. The normalized spacial score (nSPS) is 11.2. The number of carbonyl (C=O) groups is 1. The zero-order valence-electron chi connectivity index (χ0n) is 15.7. The van der Waals surface area contributed by atoms with Gasteiger partial charge in [-0.3, -0.25) is 9.10 Å². The molecule has 0 saturated carbocycles. The molecular weight excluding hydrogens is 348 g/mol. The van der Waals surface area contributed by atoms with Crippen molar-refractivity contribution in [2.75, 3.05) is 17.1 Å². The van der Waals surface area contributed by atoms with Crippen molar-refractivity contribution in [3.63, 3.8) is 0 Å². The van der Waals surface area contributed by atoms with Crippen molar-refractivity contribution < 1.29 is 13.2 Å². The molecule has 2 aromatic carbocycles. The Bertz CT molecular complexity index is 871. The van der Waals surface area contributed by atoms with Crippen LogP contribution in [0.1, 0.15) is 28.7 Å². The van der Waals surface area contributed by atoms with Gasteiger partial charge in [0.2, 0.25) is 15.9 Å². The number of anilines is 1. The average Bonchev–Trinajstić information content (AvgIpc) is 2.51. The Morgan fingerprint density at radius 1 is 1.00 bits per heavy atom. The zero-order valence-corrected chi connectivity index (χ0v) is 16.6. The largest absolute Gasteiger partial charge is 0.352 e.